The van der Waals surface area contributed by atoms with Crippen molar-refractivity contribution in [3.05, 3.63) is 97.5 Å². The topological polar surface area (TPSA) is 146 Å². The van der Waals surface area contributed by atoms with Gasteiger partial charge in [0.1, 0.15) is 23.7 Å². The van der Waals surface area contributed by atoms with Crippen molar-refractivity contribution in [1.82, 2.24) is 19.4 Å². The van der Waals surface area contributed by atoms with Gasteiger partial charge in [-0.05, 0) is 83.1 Å². The highest BCUT2D eigenvalue weighted by Gasteiger charge is 2.30. The van der Waals surface area contributed by atoms with Crippen LogP contribution in [-0.4, -0.2) is 49.4 Å². The number of benzene rings is 2. The van der Waals surface area contributed by atoms with E-state index in [1.165, 1.54) is 18.5 Å². The fourth-order valence-electron chi connectivity index (χ4n) is 5.20. The highest BCUT2D eigenvalue weighted by molar-refractivity contribution is 9.10. The van der Waals surface area contributed by atoms with Crippen LogP contribution in [-0.2, 0) is 11.3 Å². The number of hydrogen-bond donors (Lipinski definition) is 1. The number of nitrogens with two attached hydrogens (primary N) is 1. The van der Waals surface area contributed by atoms with E-state index in [9.17, 15) is 19.7 Å². The largest absolute Gasteiger partial charge is 0.445 e. The van der Waals surface area contributed by atoms with Gasteiger partial charge in [-0.2, -0.15) is 0 Å². The molecule has 5 rings (SSSR count). The summed E-state index contributed by atoms with van der Waals surface area (Å²) in [5.74, 6) is 5.63. The maximum Gasteiger partial charge on any atom is 0.410 e. The lowest BCUT2D eigenvalue weighted by Crippen LogP contribution is -2.35. The van der Waals surface area contributed by atoms with E-state index in [0.717, 1.165) is 30.3 Å². The molecule has 1 fully saturated rings. The van der Waals surface area contributed by atoms with Gasteiger partial charge >= 0.3 is 6.09 Å². The van der Waals surface area contributed by atoms with Crippen LogP contribution in [0.1, 0.15) is 46.8 Å². The molecule has 2 atom stereocenters. The maximum absolute atomic E-state index is 13.3. The second-order valence-corrected chi connectivity index (χ2v) is 11.4. The molecule has 220 valence electrons. The first-order chi connectivity index (χ1) is 20.7. The van der Waals surface area contributed by atoms with Crippen molar-refractivity contribution < 1.29 is 19.2 Å². The summed E-state index contributed by atoms with van der Waals surface area (Å²) in [5, 5.41) is 12.2. The number of hydrogen-bond acceptors (Lipinski definition) is 7. The SMILES string of the molecule is NC(=O)c1cc(C#CCN(CC2CCC(n3ccc4c(Cl)ncnc43)C2)C(=O)OCc2ccc([N+](=O)[O-])cc2)ccc1Br. The second kappa shape index (κ2) is 13.2. The molecule has 2 N–H and O–H groups in total. The fourth-order valence-corrected chi connectivity index (χ4v) is 5.83. The second-order valence-electron chi connectivity index (χ2n) is 10.2. The first kappa shape index (κ1) is 30.0. The zero-order chi connectivity index (χ0) is 30.5. The number of nitro groups is 1. The molecule has 1 saturated carbocycles. The molecule has 2 amide bonds. The maximum atomic E-state index is 13.3. The fraction of sp³-hybridized carbons (Fsp3) is 0.267. The molecule has 13 heteroatoms. The van der Waals surface area contributed by atoms with Gasteiger partial charge in [0.05, 0.1) is 22.4 Å². The Balaban J connectivity index is 1.29. The highest BCUT2D eigenvalue weighted by atomic mass is 79.9. The van der Waals surface area contributed by atoms with Crippen molar-refractivity contribution in [1.29, 1.82) is 0 Å². The number of rotatable bonds is 8. The number of aromatic nitrogens is 3. The van der Waals surface area contributed by atoms with Crippen LogP contribution >= 0.6 is 27.5 Å². The summed E-state index contributed by atoms with van der Waals surface area (Å²) in [5.41, 5.74) is 7.70. The molecular weight excluding hydrogens is 640 g/mol. The summed E-state index contributed by atoms with van der Waals surface area (Å²) >= 11 is 9.55. The predicted octanol–water partition coefficient (Wildman–Crippen LogP) is 5.89. The van der Waals surface area contributed by atoms with Gasteiger partial charge in [-0.3, -0.25) is 19.8 Å². The average molecular weight is 666 g/mol. The van der Waals surface area contributed by atoms with E-state index in [-0.39, 0.29) is 30.8 Å². The van der Waals surface area contributed by atoms with Crippen LogP contribution in [0.4, 0.5) is 10.5 Å². The lowest BCUT2D eigenvalue weighted by Gasteiger charge is -2.23. The summed E-state index contributed by atoms with van der Waals surface area (Å²) in [6.45, 7) is 0.474. The van der Waals surface area contributed by atoms with Crippen molar-refractivity contribution in [2.75, 3.05) is 13.1 Å². The lowest BCUT2D eigenvalue weighted by atomic mass is 10.1. The van der Waals surface area contributed by atoms with Crippen LogP contribution in [0, 0.1) is 27.9 Å². The molecular formula is C30H26BrClN6O5. The number of amides is 2. The van der Waals surface area contributed by atoms with Crippen molar-refractivity contribution in [3.63, 3.8) is 0 Å². The number of nitrogens with zero attached hydrogens (tertiary/aromatic N) is 5. The van der Waals surface area contributed by atoms with E-state index in [0.29, 0.717) is 32.9 Å². The van der Waals surface area contributed by atoms with Crippen LogP contribution in [0.15, 0.2) is 65.5 Å². The number of non-ortho nitro benzene ring substituents is 1. The molecule has 43 heavy (non-hydrogen) atoms. The van der Waals surface area contributed by atoms with E-state index in [1.54, 1.807) is 35.2 Å². The minimum Gasteiger partial charge on any atom is -0.445 e. The van der Waals surface area contributed by atoms with Crippen molar-refractivity contribution in [2.45, 2.75) is 31.9 Å². The average Bonchev–Trinajstić information content (AvgIpc) is 3.64. The van der Waals surface area contributed by atoms with Gasteiger partial charge in [-0.15, -0.1) is 0 Å². The van der Waals surface area contributed by atoms with E-state index in [1.807, 2.05) is 12.3 Å². The van der Waals surface area contributed by atoms with Crippen molar-refractivity contribution in [2.24, 2.45) is 11.7 Å². The molecule has 0 aliphatic heterocycles. The first-order valence-corrected chi connectivity index (χ1v) is 14.6. The van der Waals surface area contributed by atoms with Crippen LogP contribution in [0.25, 0.3) is 11.0 Å². The molecule has 0 bridgehead atoms. The Kier molecular flexibility index (Phi) is 9.23. The lowest BCUT2D eigenvalue weighted by molar-refractivity contribution is -0.384. The van der Waals surface area contributed by atoms with Crippen LogP contribution in [0.3, 0.4) is 0 Å². The van der Waals surface area contributed by atoms with Gasteiger partial charge in [0, 0.05) is 41.0 Å². The number of carbonyl (C=O) groups is 2. The molecule has 2 heterocycles. The standard InChI is InChI=1S/C30H26BrClN6O5/c31-26-10-6-19(15-25(26)28(33)39)2-1-12-36(30(40)43-17-20-3-7-22(8-4-20)38(41)42)16-21-5-9-23(14-21)37-13-11-24-27(32)34-18-35-29(24)37/h3-4,6-8,10-11,13,15,18,21,23H,5,9,12,14,16-17H2,(H2,33,39). The monoisotopic (exact) mass is 664 g/mol. The molecule has 4 aromatic rings. The number of ether oxygens (including phenoxy) is 1. The zero-order valence-electron chi connectivity index (χ0n) is 22.8. The molecule has 1 aliphatic carbocycles. The molecule has 2 aromatic heterocycles. The minimum atomic E-state index is -0.577. The minimum absolute atomic E-state index is 0.0422. The number of halogens is 2. The van der Waals surface area contributed by atoms with Gasteiger partial charge in [0.15, 0.2) is 0 Å². The van der Waals surface area contributed by atoms with E-state index in [4.69, 9.17) is 22.1 Å². The first-order valence-electron chi connectivity index (χ1n) is 13.4. The van der Waals surface area contributed by atoms with Crippen LogP contribution in [0.5, 0.6) is 0 Å². The normalized spacial score (nSPS) is 16.0. The third-order valence-corrected chi connectivity index (χ3v) is 8.34. The quantitative estimate of drug-likeness (QED) is 0.107. The van der Waals surface area contributed by atoms with Gasteiger partial charge in [-0.1, -0.05) is 23.4 Å². The Morgan fingerprint density at radius 1 is 1.19 bits per heavy atom. The summed E-state index contributed by atoms with van der Waals surface area (Å²) in [7, 11) is 0. The smallest absolute Gasteiger partial charge is 0.410 e. The third kappa shape index (κ3) is 7.13. The van der Waals surface area contributed by atoms with Gasteiger partial charge in [0.2, 0.25) is 5.91 Å². The summed E-state index contributed by atoms with van der Waals surface area (Å²) in [6, 6.07) is 13.0. The molecule has 0 spiro atoms. The summed E-state index contributed by atoms with van der Waals surface area (Å²) < 4.78 is 8.27. The number of primary amides is 1. The molecule has 2 unspecified atom stereocenters. The molecule has 2 aromatic carbocycles. The number of carbonyl (C=O) groups excluding carboxylic acids is 2. The highest BCUT2D eigenvalue weighted by Crippen LogP contribution is 2.37. The predicted molar refractivity (Wildman–Crippen MR) is 163 cm³/mol. The number of fused-ring (bicyclic) bond motifs is 1. The van der Waals surface area contributed by atoms with Gasteiger partial charge in [-0.25, -0.2) is 14.8 Å². The van der Waals surface area contributed by atoms with E-state index in [2.05, 4.69) is 42.3 Å². The molecule has 0 radical (unpaired) electrons. The Morgan fingerprint density at radius 2 is 1.98 bits per heavy atom. The third-order valence-electron chi connectivity index (χ3n) is 7.35. The van der Waals surface area contributed by atoms with E-state index < -0.39 is 16.9 Å². The van der Waals surface area contributed by atoms with Gasteiger partial charge < -0.3 is 15.0 Å². The molecule has 11 nitrogen and oxygen atoms in total. The summed E-state index contributed by atoms with van der Waals surface area (Å²) in [4.78, 5) is 45.5. The van der Waals surface area contributed by atoms with Crippen molar-refractivity contribution >= 4 is 56.3 Å². The van der Waals surface area contributed by atoms with Crippen LogP contribution in [0.2, 0.25) is 5.15 Å². The van der Waals surface area contributed by atoms with Gasteiger partial charge in [0.25, 0.3) is 5.69 Å². The zero-order valence-corrected chi connectivity index (χ0v) is 25.1. The van der Waals surface area contributed by atoms with Crippen molar-refractivity contribution in [3.8, 4) is 11.8 Å². The van der Waals surface area contributed by atoms with Crippen LogP contribution < -0.4 is 5.73 Å². The Morgan fingerprint density at radius 3 is 2.72 bits per heavy atom. The Labute approximate surface area is 260 Å². The van der Waals surface area contributed by atoms with E-state index >= 15 is 0 Å². The molecule has 1 aliphatic rings. The Bertz CT molecular complexity index is 1750. The summed E-state index contributed by atoms with van der Waals surface area (Å²) in [6.07, 6.45) is 5.49. The molecule has 0 saturated heterocycles. The Hall–Kier alpha value is -4.47. The number of nitro benzene ring substituents is 1.